The van der Waals surface area contributed by atoms with Crippen LogP contribution in [0.15, 0.2) is 82.7 Å². The van der Waals surface area contributed by atoms with Gasteiger partial charge in [-0.05, 0) is 65.9 Å². The van der Waals surface area contributed by atoms with Gasteiger partial charge in [0.15, 0.2) is 23.3 Å². The number of benzene rings is 3. The second-order valence-electron chi connectivity index (χ2n) is 8.02. The zero-order valence-electron chi connectivity index (χ0n) is 21.0. The fourth-order valence-electron chi connectivity index (χ4n) is 3.49. The van der Waals surface area contributed by atoms with E-state index in [2.05, 4.69) is 10.3 Å². The molecule has 1 N–H and O–H groups in total. The van der Waals surface area contributed by atoms with E-state index in [0.717, 1.165) is 0 Å². The molecule has 0 spiro atoms. The average Bonchev–Trinajstić information content (AvgIpc) is 3.19. The van der Waals surface area contributed by atoms with Gasteiger partial charge in [-0.2, -0.15) is 0 Å². The highest BCUT2D eigenvalue weighted by Gasteiger charge is 2.30. The molecule has 0 unspecified atom stereocenters. The summed E-state index contributed by atoms with van der Waals surface area (Å²) >= 11 is 1.22. The monoisotopic (exact) mass is 531 g/mol. The van der Waals surface area contributed by atoms with Crippen molar-refractivity contribution in [2.24, 2.45) is 4.99 Å². The van der Waals surface area contributed by atoms with Gasteiger partial charge in [-0.1, -0.05) is 30.3 Å². The number of likely N-dealkylation sites (N-methyl/N-ethyl adjacent to an activating group) is 1. The maximum Gasteiger partial charge on any atom is 0.337 e. The maximum atomic E-state index is 12.9. The largest absolute Gasteiger partial charge is 0.493 e. The summed E-state index contributed by atoms with van der Waals surface area (Å²) in [6, 6.07) is 20.9. The van der Waals surface area contributed by atoms with Gasteiger partial charge < -0.3 is 19.5 Å². The van der Waals surface area contributed by atoms with Crippen LogP contribution in [0.5, 0.6) is 11.5 Å². The molecule has 0 radical (unpaired) electrons. The average molecular weight is 532 g/mol. The maximum absolute atomic E-state index is 12.9. The second kappa shape index (κ2) is 12.1. The van der Waals surface area contributed by atoms with Crippen LogP contribution in [0.2, 0.25) is 0 Å². The highest BCUT2D eigenvalue weighted by molar-refractivity contribution is 8.18. The fraction of sp³-hybridized carbons (Fsp3) is 0.143. The Morgan fingerprint density at radius 1 is 1.00 bits per heavy atom. The predicted molar refractivity (Wildman–Crippen MR) is 147 cm³/mol. The molecular weight excluding hydrogens is 506 g/mol. The third kappa shape index (κ3) is 6.40. The Hall–Kier alpha value is -4.57. The summed E-state index contributed by atoms with van der Waals surface area (Å²) in [7, 11) is 4.45. The Morgan fingerprint density at radius 2 is 1.79 bits per heavy atom. The molecule has 0 atom stereocenters. The van der Waals surface area contributed by atoms with Crippen molar-refractivity contribution in [2.75, 3.05) is 33.2 Å². The number of carbonyl (C=O) groups is 3. The van der Waals surface area contributed by atoms with Gasteiger partial charge in [0.05, 0.1) is 30.4 Å². The number of nitrogens with one attached hydrogen (secondary N) is 1. The predicted octanol–water partition coefficient (Wildman–Crippen LogP) is 4.73. The molecule has 0 bridgehead atoms. The summed E-state index contributed by atoms with van der Waals surface area (Å²) in [6.07, 6.45) is 1.73. The van der Waals surface area contributed by atoms with E-state index >= 15 is 0 Å². The van der Waals surface area contributed by atoms with Crippen LogP contribution in [-0.2, 0) is 14.3 Å². The number of aliphatic imine (C=N–C) groups is 1. The van der Waals surface area contributed by atoms with E-state index in [1.54, 1.807) is 67.7 Å². The number of hydrogen-bond donors (Lipinski definition) is 1. The van der Waals surface area contributed by atoms with E-state index in [4.69, 9.17) is 14.2 Å². The van der Waals surface area contributed by atoms with Crippen LogP contribution in [0.4, 0.5) is 11.4 Å². The Labute approximate surface area is 224 Å². The fourth-order valence-corrected chi connectivity index (χ4v) is 4.48. The van der Waals surface area contributed by atoms with Gasteiger partial charge in [0, 0.05) is 12.7 Å². The van der Waals surface area contributed by atoms with Gasteiger partial charge in [-0.15, -0.1) is 0 Å². The van der Waals surface area contributed by atoms with Gasteiger partial charge in [-0.3, -0.25) is 14.5 Å². The first-order chi connectivity index (χ1) is 18.4. The van der Waals surface area contributed by atoms with Crippen molar-refractivity contribution in [3.63, 3.8) is 0 Å². The number of ether oxygens (including phenoxy) is 3. The van der Waals surface area contributed by atoms with Gasteiger partial charge in [-0.25, -0.2) is 9.79 Å². The van der Waals surface area contributed by atoms with Crippen molar-refractivity contribution < 1.29 is 28.6 Å². The standard InChI is InChI=1S/C28H25N3O6S/c1-31-26(33)24(38-28(31)30-21-11-7-8-19(16-21)27(34)36-3)15-18-12-13-22(23(14-18)35-2)37-17-25(32)29-20-9-5-4-6-10-20/h4-16H,17H2,1-3H3,(H,29,32). The quantitative estimate of drug-likeness (QED) is 0.331. The highest BCUT2D eigenvalue weighted by atomic mass is 32.2. The number of amides is 2. The van der Waals surface area contributed by atoms with Gasteiger partial charge in [0.1, 0.15) is 0 Å². The van der Waals surface area contributed by atoms with E-state index in [0.29, 0.717) is 44.1 Å². The van der Waals surface area contributed by atoms with E-state index in [1.807, 2.05) is 18.2 Å². The van der Waals surface area contributed by atoms with Crippen molar-refractivity contribution in [3.8, 4) is 11.5 Å². The molecule has 194 valence electrons. The number of methoxy groups -OCH3 is 2. The summed E-state index contributed by atoms with van der Waals surface area (Å²) in [6.45, 7) is -0.193. The molecule has 9 nitrogen and oxygen atoms in total. The van der Waals surface area contributed by atoms with Crippen molar-refractivity contribution in [1.29, 1.82) is 0 Å². The topological polar surface area (TPSA) is 107 Å². The van der Waals surface area contributed by atoms with Crippen LogP contribution in [0.25, 0.3) is 6.08 Å². The molecule has 10 heteroatoms. The molecule has 0 saturated carbocycles. The van der Waals surface area contributed by atoms with E-state index in [9.17, 15) is 14.4 Å². The molecule has 0 aromatic heterocycles. The number of hydrogen-bond acceptors (Lipinski definition) is 8. The first-order valence-corrected chi connectivity index (χ1v) is 12.3. The summed E-state index contributed by atoms with van der Waals surface area (Å²) in [5.74, 6) is -0.161. The lowest BCUT2D eigenvalue weighted by Crippen LogP contribution is -2.23. The van der Waals surface area contributed by atoms with E-state index in [-0.39, 0.29) is 18.4 Å². The van der Waals surface area contributed by atoms with Crippen LogP contribution in [0, 0.1) is 0 Å². The summed E-state index contributed by atoms with van der Waals surface area (Å²) < 4.78 is 15.8. The van der Waals surface area contributed by atoms with Crippen molar-refractivity contribution >= 4 is 52.2 Å². The second-order valence-corrected chi connectivity index (χ2v) is 9.03. The minimum absolute atomic E-state index is 0.193. The minimum Gasteiger partial charge on any atom is -0.493 e. The normalized spacial score (nSPS) is 15.0. The summed E-state index contributed by atoms with van der Waals surface area (Å²) in [4.78, 5) is 43.3. The molecule has 1 heterocycles. The molecule has 38 heavy (non-hydrogen) atoms. The molecule has 2 amide bonds. The third-order valence-corrected chi connectivity index (χ3v) is 6.46. The molecule has 1 aliphatic heterocycles. The van der Waals surface area contributed by atoms with Crippen LogP contribution in [0.3, 0.4) is 0 Å². The number of anilines is 1. The van der Waals surface area contributed by atoms with Crippen molar-refractivity contribution in [1.82, 2.24) is 4.90 Å². The van der Waals surface area contributed by atoms with Gasteiger partial charge in [0.25, 0.3) is 11.8 Å². The number of rotatable bonds is 8. The molecule has 4 rings (SSSR count). The lowest BCUT2D eigenvalue weighted by Gasteiger charge is -2.11. The Bertz CT molecular complexity index is 1420. The molecule has 0 aliphatic carbocycles. The lowest BCUT2D eigenvalue weighted by atomic mass is 10.2. The Kier molecular flexibility index (Phi) is 8.44. The lowest BCUT2D eigenvalue weighted by molar-refractivity contribution is -0.121. The minimum atomic E-state index is -0.464. The van der Waals surface area contributed by atoms with Gasteiger partial charge >= 0.3 is 5.97 Å². The first-order valence-electron chi connectivity index (χ1n) is 11.5. The first kappa shape index (κ1) is 26.5. The van der Waals surface area contributed by atoms with E-state index in [1.165, 1.54) is 30.9 Å². The smallest absolute Gasteiger partial charge is 0.337 e. The van der Waals surface area contributed by atoms with Crippen molar-refractivity contribution in [3.05, 3.63) is 88.8 Å². The Balaban J connectivity index is 1.46. The summed E-state index contributed by atoms with van der Waals surface area (Å²) in [5, 5.41) is 3.23. The zero-order chi connectivity index (χ0) is 27.1. The number of nitrogens with zero attached hydrogens (tertiary/aromatic N) is 2. The van der Waals surface area contributed by atoms with Crippen LogP contribution >= 0.6 is 11.8 Å². The molecule has 1 saturated heterocycles. The van der Waals surface area contributed by atoms with Crippen LogP contribution in [-0.4, -0.2) is 55.7 Å². The van der Waals surface area contributed by atoms with Crippen molar-refractivity contribution in [2.45, 2.75) is 0 Å². The SMILES string of the molecule is COC(=O)c1cccc(N=C2SC(=Cc3ccc(OCC(=O)Nc4ccccc4)c(OC)c3)C(=O)N2C)c1. The number of thioether (sulfide) groups is 1. The molecule has 1 fully saturated rings. The zero-order valence-corrected chi connectivity index (χ0v) is 21.8. The van der Waals surface area contributed by atoms with Crippen LogP contribution < -0.4 is 14.8 Å². The Morgan fingerprint density at radius 3 is 2.53 bits per heavy atom. The number of esters is 1. The van der Waals surface area contributed by atoms with E-state index < -0.39 is 5.97 Å². The highest BCUT2D eigenvalue weighted by Crippen LogP contribution is 2.35. The third-order valence-electron chi connectivity index (χ3n) is 5.40. The molecule has 3 aromatic carbocycles. The number of carbonyl (C=O) groups excluding carboxylic acids is 3. The molecule has 1 aliphatic rings. The molecular formula is C28H25N3O6S. The number of para-hydroxylation sites is 1. The number of amidine groups is 1. The van der Waals surface area contributed by atoms with Gasteiger partial charge in [0.2, 0.25) is 0 Å². The summed E-state index contributed by atoms with van der Waals surface area (Å²) in [5.41, 5.74) is 2.28. The molecule has 3 aromatic rings. The van der Waals surface area contributed by atoms with Crippen LogP contribution in [0.1, 0.15) is 15.9 Å².